The van der Waals surface area contributed by atoms with Crippen molar-refractivity contribution >= 4 is 21.8 Å². The minimum Gasteiger partial charge on any atom is -0.335 e. The van der Waals surface area contributed by atoms with E-state index in [1.807, 2.05) is 4.90 Å². The summed E-state index contributed by atoms with van der Waals surface area (Å²) in [6.45, 7) is 0.723. The second kappa shape index (κ2) is 6.01. The topological polar surface area (TPSA) is 44.1 Å². The molecule has 0 radical (unpaired) electrons. The van der Waals surface area contributed by atoms with Crippen molar-refractivity contribution in [3.8, 4) is 6.07 Å². The summed E-state index contributed by atoms with van der Waals surface area (Å²) in [5.41, 5.74) is 1.15. The number of hydrogen-bond acceptors (Lipinski definition) is 2. The largest absolute Gasteiger partial charge is 0.335 e. The molecule has 0 N–H and O–H groups in total. The number of alkyl halides is 1. The molecule has 1 fully saturated rings. The smallest absolute Gasteiger partial charge is 0.254 e. The summed E-state index contributed by atoms with van der Waals surface area (Å²) >= 11 is 3.39. The normalized spacial score (nSPS) is 14.7. The molecule has 0 saturated heterocycles. The third-order valence-corrected chi connectivity index (χ3v) is 3.70. The van der Waals surface area contributed by atoms with Crippen LogP contribution >= 0.6 is 15.9 Å². The lowest BCUT2D eigenvalue weighted by Crippen LogP contribution is -2.45. The molecule has 0 spiro atoms. The minimum atomic E-state index is 0.0382. The molecule has 1 aromatic rings. The van der Waals surface area contributed by atoms with Crippen LogP contribution in [0.1, 0.15) is 35.2 Å². The summed E-state index contributed by atoms with van der Waals surface area (Å²) in [7, 11) is 0. The number of amides is 1. The Kier molecular flexibility index (Phi) is 4.38. The molecular formula is C14H15BrN2O. The van der Waals surface area contributed by atoms with Crippen molar-refractivity contribution in [1.29, 1.82) is 5.26 Å². The molecule has 1 aliphatic carbocycles. The van der Waals surface area contributed by atoms with E-state index >= 15 is 0 Å². The van der Waals surface area contributed by atoms with E-state index in [1.54, 1.807) is 24.3 Å². The summed E-state index contributed by atoms with van der Waals surface area (Å²) < 4.78 is 0. The zero-order valence-electron chi connectivity index (χ0n) is 10.1. The number of carbonyl (C=O) groups excluding carboxylic acids is 1. The van der Waals surface area contributed by atoms with E-state index in [9.17, 15) is 4.79 Å². The van der Waals surface area contributed by atoms with Crippen molar-refractivity contribution in [3.63, 3.8) is 0 Å². The molecule has 18 heavy (non-hydrogen) atoms. The number of halogens is 1. The predicted octanol–water partition coefficient (Wildman–Crippen LogP) is 2.95. The fourth-order valence-corrected chi connectivity index (χ4v) is 2.51. The van der Waals surface area contributed by atoms with E-state index in [1.165, 1.54) is 6.42 Å². The fourth-order valence-electron chi connectivity index (χ4n) is 2.13. The van der Waals surface area contributed by atoms with Crippen LogP contribution in [0.5, 0.6) is 0 Å². The van der Waals surface area contributed by atoms with Crippen LogP contribution in [0.25, 0.3) is 0 Å². The van der Waals surface area contributed by atoms with Crippen LogP contribution in [0.3, 0.4) is 0 Å². The number of nitrogens with zero attached hydrogens (tertiary/aromatic N) is 2. The van der Waals surface area contributed by atoms with Crippen molar-refractivity contribution in [2.45, 2.75) is 25.3 Å². The van der Waals surface area contributed by atoms with Crippen LogP contribution in [0.2, 0.25) is 0 Å². The Morgan fingerprint density at radius 2 is 2.28 bits per heavy atom. The molecular weight excluding hydrogens is 292 g/mol. The Bertz CT molecular complexity index is 477. The van der Waals surface area contributed by atoms with Gasteiger partial charge in [-0.3, -0.25) is 4.79 Å². The van der Waals surface area contributed by atoms with Gasteiger partial charge in [0.25, 0.3) is 5.91 Å². The zero-order chi connectivity index (χ0) is 13.0. The first-order chi connectivity index (χ1) is 8.76. The number of hydrogen-bond donors (Lipinski definition) is 0. The number of benzene rings is 1. The molecule has 4 heteroatoms. The maximum absolute atomic E-state index is 12.4. The van der Waals surface area contributed by atoms with Crippen LogP contribution in [0.4, 0.5) is 0 Å². The molecule has 0 unspecified atom stereocenters. The van der Waals surface area contributed by atoms with Crippen LogP contribution in [-0.4, -0.2) is 28.7 Å². The first-order valence-electron chi connectivity index (χ1n) is 6.13. The molecule has 2 rings (SSSR count). The predicted molar refractivity (Wildman–Crippen MR) is 73.6 cm³/mol. The first kappa shape index (κ1) is 13.1. The fraction of sp³-hybridized carbons (Fsp3) is 0.429. The SMILES string of the molecule is N#Cc1cccc(C(=O)N(CCBr)C2CCC2)c1. The lowest BCUT2D eigenvalue weighted by atomic mass is 9.91. The second-order valence-corrected chi connectivity index (χ2v) is 5.26. The lowest BCUT2D eigenvalue weighted by molar-refractivity contribution is 0.0599. The van der Waals surface area contributed by atoms with Crippen molar-refractivity contribution in [2.75, 3.05) is 11.9 Å². The van der Waals surface area contributed by atoms with E-state index in [0.29, 0.717) is 17.2 Å². The molecule has 0 heterocycles. The number of carbonyl (C=O) groups is 1. The third-order valence-electron chi connectivity index (χ3n) is 3.34. The van der Waals surface area contributed by atoms with Gasteiger partial charge < -0.3 is 4.90 Å². The van der Waals surface area contributed by atoms with Crippen LogP contribution in [0, 0.1) is 11.3 Å². The van der Waals surface area contributed by atoms with Gasteiger partial charge >= 0.3 is 0 Å². The molecule has 0 aromatic heterocycles. The number of nitriles is 1. The maximum atomic E-state index is 12.4. The van der Waals surface area contributed by atoms with Gasteiger partial charge in [-0.15, -0.1) is 0 Å². The van der Waals surface area contributed by atoms with Gasteiger partial charge in [-0.2, -0.15) is 5.26 Å². The Labute approximate surface area is 116 Å². The molecule has 0 aliphatic heterocycles. The van der Waals surface area contributed by atoms with Crippen LogP contribution < -0.4 is 0 Å². The molecule has 0 atom stereocenters. The monoisotopic (exact) mass is 306 g/mol. The van der Waals surface area contributed by atoms with Crippen molar-refractivity contribution < 1.29 is 4.79 Å². The summed E-state index contributed by atoms with van der Waals surface area (Å²) in [6, 6.07) is 9.38. The van der Waals surface area contributed by atoms with Gasteiger partial charge in [0.15, 0.2) is 0 Å². The molecule has 1 saturated carbocycles. The Hall–Kier alpha value is -1.34. The van der Waals surface area contributed by atoms with Gasteiger partial charge in [0.2, 0.25) is 0 Å². The van der Waals surface area contributed by atoms with E-state index in [0.717, 1.165) is 24.7 Å². The molecule has 3 nitrogen and oxygen atoms in total. The second-order valence-electron chi connectivity index (χ2n) is 4.46. The molecule has 1 amide bonds. The summed E-state index contributed by atoms with van der Waals surface area (Å²) in [5.74, 6) is 0.0382. The zero-order valence-corrected chi connectivity index (χ0v) is 11.7. The highest BCUT2D eigenvalue weighted by Gasteiger charge is 2.28. The van der Waals surface area contributed by atoms with E-state index in [-0.39, 0.29) is 5.91 Å². The number of rotatable bonds is 4. The van der Waals surface area contributed by atoms with Gasteiger partial charge in [-0.05, 0) is 37.5 Å². The Balaban J connectivity index is 2.18. The molecule has 1 aliphatic rings. The van der Waals surface area contributed by atoms with E-state index < -0.39 is 0 Å². The Morgan fingerprint density at radius 3 is 2.83 bits per heavy atom. The highest BCUT2D eigenvalue weighted by atomic mass is 79.9. The minimum absolute atomic E-state index is 0.0382. The lowest BCUT2D eigenvalue weighted by Gasteiger charge is -2.37. The quantitative estimate of drug-likeness (QED) is 0.803. The third kappa shape index (κ3) is 2.73. The standard InChI is InChI=1S/C14H15BrN2O/c15-7-8-17(13-5-2-6-13)14(18)12-4-1-3-11(9-12)10-16/h1,3-4,9,13H,2,5-8H2. The average Bonchev–Trinajstić information content (AvgIpc) is 2.35. The highest BCUT2D eigenvalue weighted by Crippen LogP contribution is 2.26. The van der Waals surface area contributed by atoms with Gasteiger partial charge in [0, 0.05) is 23.5 Å². The van der Waals surface area contributed by atoms with E-state index in [4.69, 9.17) is 5.26 Å². The first-order valence-corrected chi connectivity index (χ1v) is 7.25. The maximum Gasteiger partial charge on any atom is 0.254 e. The van der Waals surface area contributed by atoms with Crippen LogP contribution in [-0.2, 0) is 0 Å². The summed E-state index contributed by atoms with van der Waals surface area (Å²) in [6.07, 6.45) is 3.39. The van der Waals surface area contributed by atoms with Crippen molar-refractivity contribution in [2.24, 2.45) is 0 Å². The van der Waals surface area contributed by atoms with Crippen molar-refractivity contribution in [3.05, 3.63) is 35.4 Å². The molecule has 1 aromatic carbocycles. The van der Waals surface area contributed by atoms with Crippen molar-refractivity contribution in [1.82, 2.24) is 4.90 Å². The highest BCUT2D eigenvalue weighted by molar-refractivity contribution is 9.09. The summed E-state index contributed by atoms with van der Waals surface area (Å²) in [5, 5.41) is 9.65. The molecule has 94 valence electrons. The van der Waals surface area contributed by atoms with Gasteiger partial charge in [0.05, 0.1) is 11.6 Å². The van der Waals surface area contributed by atoms with Gasteiger partial charge in [0.1, 0.15) is 0 Å². The molecule has 0 bridgehead atoms. The van der Waals surface area contributed by atoms with Crippen LogP contribution in [0.15, 0.2) is 24.3 Å². The van der Waals surface area contributed by atoms with Gasteiger partial charge in [-0.25, -0.2) is 0 Å². The van der Waals surface area contributed by atoms with Gasteiger partial charge in [-0.1, -0.05) is 22.0 Å². The summed E-state index contributed by atoms with van der Waals surface area (Å²) in [4.78, 5) is 14.4. The average molecular weight is 307 g/mol. The van der Waals surface area contributed by atoms with E-state index in [2.05, 4.69) is 22.0 Å². The Morgan fingerprint density at radius 1 is 1.50 bits per heavy atom.